The molecule has 1 amide bonds. The van der Waals surface area contributed by atoms with Crippen LogP contribution in [0.5, 0.6) is 0 Å². The number of carbonyl (C=O) groups is 1. The topological polar surface area (TPSA) is 58.1 Å². The van der Waals surface area contributed by atoms with E-state index in [0.29, 0.717) is 0 Å². The molecule has 0 bridgehead atoms. The lowest BCUT2D eigenvalue weighted by atomic mass is 9.96. The monoisotopic (exact) mass is 314 g/mol. The number of anilines is 1. The van der Waals surface area contributed by atoms with Crippen molar-refractivity contribution in [1.82, 2.24) is 15.3 Å². The molecule has 1 N–H and O–H groups in total. The first-order chi connectivity index (χ1) is 11.3. The van der Waals surface area contributed by atoms with Gasteiger partial charge in [-0.1, -0.05) is 11.6 Å². The fourth-order valence-corrected chi connectivity index (χ4v) is 3.48. The first-order valence-electron chi connectivity index (χ1n) is 8.79. The van der Waals surface area contributed by atoms with Crippen molar-refractivity contribution in [3.63, 3.8) is 0 Å². The maximum Gasteiger partial charge on any atom is 0.224 e. The van der Waals surface area contributed by atoms with E-state index >= 15 is 0 Å². The molecule has 1 atom stereocenters. The summed E-state index contributed by atoms with van der Waals surface area (Å²) >= 11 is 0. The zero-order chi connectivity index (χ0) is 15.9. The van der Waals surface area contributed by atoms with Crippen molar-refractivity contribution in [3.8, 4) is 0 Å². The molecule has 23 heavy (non-hydrogen) atoms. The van der Waals surface area contributed by atoms with Crippen LogP contribution < -0.4 is 10.2 Å². The van der Waals surface area contributed by atoms with Crippen molar-refractivity contribution >= 4 is 11.7 Å². The van der Waals surface area contributed by atoms with E-state index in [4.69, 9.17) is 0 Å². The molecule has 2 aliphatic rings. The second-order valence-corrected chi connectivity index (χ2v) is 6.50. The van der Waals surface area contributed by atoms with Gasteiger partial charge in [0.25, 0.3) is 0 Å². The number of nitrogens with zero attached hydrogens (tertiary/aromatic N) is 3. The van der Waals surface area contributed by atoms with Crippen LogP contribution in [0, 0.1) is 5.92 Å². The van der Waals surface area contributed by atoms with E-state index in [1.165, 1.54) is 31.3 Å². The zero-order valence-electron chi connectivity index (χ0n) is 13.7. The maximum absolute atomic E-state index is 12.4. The van der Waals surface area contributed by atoms with Crippen LogP contribution in [0.25, 0.3) is 0 Å². The van der Waals surface area contributed by atoms with Crippen molar-refractivity contribution in [1.29, 1.82) is 0 Å². The summed E-state index contributed by atoms with van der Waals surface area (Å²) < 4.78 is 0. The lowest BCUT2D eigenvalue weighted by Crippen LogP contribution is -2.43. The summed E-state index contributed by atoms with van der Waals surface area (Å²) in [5.74, 6) is 1.12. The second kappa shape index (κ2) is 8.09. The Morgan fingerprint density at radius 2 is 2.26 bits per heavy atom. The summed E-state index contributed by atoms with van der Waals surface area (Å²) in [6, 6.07) is 0. The highest BCUT2D eigenvalue weighted by Gasteiger charge is 2.26. The van der Waals surface area contributed by atoms with Crippen LogP contribution in [-0.4, -0.2) is 35.5 Å². The Kier molecular flexibility index (Phi) is 5.61. The highest BCUT2D eigenvalue weighted by atomic mass is 16.1. The van der Waals surface area contributed by atoms with Crippen LogP contribution in [0.4, 0.5) is 5.82 Å². The van der Waals surface area contributed by atoms with Crippen molar-refractivity contribution < 1.29 is 4.79 Å². The molecule has 0 radical (unpaired) electrons. The Balaban J connectivity index is 1.46. The summed E-state index contributed by atoms with van der Waals surface area (Å²) in [5.41, 5.74) is 1.52. The van der Waals surface area contributed by atoms with Crippen molar-refractivity contribution in [3.05, 3.63) is 30.2 Å². The molecule has 1 unspecified atom stereocenters. The minimum atomic E-state index is 0.0612. The van der Waals surface area contributed by atoms with Gasteiger partial charge in [0.2, 0.25) is 5.91 Å². The summed E-state index contributed by atoms with van der Waals surface area (Å²) in [6.45, 7) is 2.47. The summed E-state index contributed by atoms with van der Waals surface area (Å²) in [7, 11) is 0. The highest BCUT2D eigenvalue weighted by Crippen LogP contribution is 2.22. The molecular formula is C18H26N4O. The van der Waals surface area contributed by atoms with Gasteiger partial charge in [0.1, 0.15) is 5.82 Å². The molecule has 1 aliphatic heterocycles. The van der Waals surface area contributed by atoms with Gasteiger partial charge >= 0.3 is 0 Å². The number of carbonyl (C=O) groups excluding carboxylic acids is 1. The van der Waals surface area contributed by atoms with Crippen molar-refractivity contribution in [2.75, 3.05) is 24.5 Å². The van der Waals surface area contributed by atoms with Crippen LogP contribution in [0.1, 0.15) is 44.9 Å². The molecular weight excluding hydrogens is 288 g/mol. The minimum absolute atomic E-state index is 0.0612. The average Bonchev–Trinajstić information content (AvgIpc) is 2.63. The Hall–Kier alpha value is -1.91. The van der Waals surface area contributed by atoms with E-state index < -0.39 is 0 Å². The zero-order valence-corrected chi connectivity index (χ0v) is 13.7. The largest absolute Gasteiger partial charge is 0.355 e. The molecule has 2 heterocycles. The molecule has 1 aromatic rings. The molecule has 0 saturated carbocycles. The molecule has 5 nitrogen and oxygen atoms in total. The summed E-state index contributed by atoms with van der Waals surface area (Å²) in [6.07, 6.45) is 15.5. The number of rotatable bonds is 5. The number of nitrogens with one attached hydrogen (secondary N) is 1. The van der Waals surface area contributed by atoms with Gasteiger partial charge in [0.05, 0.1) is 12.1 Å². The number of aromatic nitrogens is 2. The van der Waals surface area contributed by atoms with Crippen LogP contribution in [0.3, 0.4) is 0 Å². The maximum atomic E-state index is 12.4. The third-order valence-corrected chi connectivity index (χ3v) is 4.80. The Morgan fingerprint density at radius 1 is 1.30 bits per heavy atom. The lowest BCUT2D eigenvalue weighted by molar-refractivity contribution is -0.125. The van der Waals surface area contributed by atoms with E-state index in [0.717, 1.165) is 44.7 Å². The van der Waals surface area contributed by atoms with Gasteiger partial charge < -0.3 is 10.2 Å². The molecule has 0 aromatic carbocycles. The Bertz CT molecular complexity index is 543. The molecule has 124 valence electrons. The highest BCUT2D eigenvalue weighted by molar-refractivity contribution is 5.79. The van der Waals surface area contributed by atoms with Gasteiger partial charge in [-0.3, -0.25) is 9.78 Å². The van der Waals surface area contributed by atoms with Gasteiger partial charge in [0, 0.05) is 32.0 Å². The van der Waals surface area contributed by atoms with Gasteiger partial charge in [-0.15, -0.1) is 0 Å². The predicted octanol–water partition coefficient (Wildman–Crippen LogP) is 2.70. The van der Waals surface area contributed by atoms with E-state index in [-0.39, 0.29) is 11.8 Å². The van der Waals surface area contributed by atoms with Crippen LogP contribution in [-0.2, 0) is 4.79 Å². The number of amides is 1. The molecule has 0 spiro atoms. The molecule has 1 aromatic heterocycles. The fourth-order valence-electron chi connectivity index (χ4n) is 3.48. The van der Waals surface area contributed by atoms with Crippen LogP contribution >= 0.6 is 0 Å². The van der Waals surface area contributed by atoms with E-state index in [1.54, 1.807) is 18.6 Å². The quantitative estimate of drug-likeness (QED) is 0.849. The summed E-state index contributed by atoms with van der Waals surface area (Å²) in [5, 5.41) is 3.13. The number of hydrogen-bond donors (Lipinski definition) is 1. The molecule has 1 saturated heterocycles. The van der Waals surface area contributed by atoms with Gasteiger partial charge in [0.15, 0.2) is 0 Å². The van der Waals surface area contributed by atoms with Crippen LogP contribution in [0.2, 0.25) is 0 Å². The van der Waals surface area contributed by atoms with E-state index in [2.05, 4.69) is 26.3 Å². The first-order valence-corrected chi connectivity index (χ1v) is 8.79. The third kappa shape index (κ3) is 4.53. The molecule has 1 fully saturated rings. The van der Waals surface area contributed by atoms with Crippen molar-refractivity contribution in [2.24, 2.45) is 5.92 Å². The molecule has 5 heteroatoms. The van der Waals surface area contributed by atoms with Crippen LogP contribution in [0.15, 0.2) is 30.2 Å². The fraction of sp³-hybridized carbons (Fsp3) is 0.611. The standard InChI is InChI=1S/C18H26N4O/c23-18(21-9-8-15-5-2-1-3-6-15)16-7-4-12-22(14-16)17-13-19-10-11-20-17/h5,10-11,13,16H,1-4,6-9,12,14H2,(H,21,23). The van der Waals surface area contributed by atoms with E-state index in [1.807, 2.05) is 0 Å². The third-order valence-electron chi connectivity index (χ3n) is 4.80. The predicted molar refractivity (Wildman–Crippen MR) is 91.1 cm³/mol. The van der Waals surface area contributed by atoms with Gasteiger partial charge in [-0.05, 0) is 44.9 Å². The number of piperidine rings is 1. The Morgan fingerprint density at radius 3 is 3.04 bits per heavy atom. The average molecular weight is 314 g/mol. The normalized spacial score (nSPS) is 21.7. The smallest absolute Gasteiger partial charge is 0.224 e. The van der Waals surface area contributed by atoms with Gasteiger partial charge in [-0.2, -0.15) is 0 Å². The number of hydrogen-bond acceptors (Lipinski definition) is 4. The molecule has 1 aliphatic carbocycles. The van der Waals surface area contributed by atoms with Gasteiger partial charge in [-0.25, -0.2) is 4.98 Å². The number of allylic oxidation sites excluding steroid dienone is 1. The molecule has 3 rings (SSSR count). The minimum Gasteiger partial charge on any atom is -0.355 e. The second-order valence-electron chi connectivity index (χ2n) is 6.50. The van der Waals surface area contributed by atoms with Crippen molar-refractivity contribution in [2.45, 2.75) is 44.9 Å². The SMILES string of the molecule is O=C(NCCC1=CCCCC1)C1CCCN(c2cnccn2)C1. The summed E-state index contributed by atoms with van der Waals surface area (Å²) in [4.78, 5) is 23.1. The van der Waals surface area contributed by atoms with E-state index in [9.17, 15) is 4.79 Å². The lowest BCUT2D eigenvalue weighted by Gasteiger charge is -2.32. The first kappa shape index (κ1) is 16.0. The Labute approximate surface area is 138 Å².